The minimum atomic E-state index is -0.233. The van der Waals surface area contributed by atoms with Crippen LogP contribution in [0.25, 0.3) is 5.82 Å². The van der Waals surface area contributed by atoms with E-state index >= 15 is 0 Å². The molecule has 2 aromatic heterocycles. The number of nitrogens with one attached hydrogen (secondary N) is 1. The summed E-state index contributed by atoms with van der Waals surface area (Å²) < 4.78 is 1.85. The van der Waals surface area contributed by atoms with Crippen LogP contribution in [0.2, 0.25) is 0 Å². The molecule has 29 heavy (non-hydrogen) atoms. The first-order chi connectivity index (χ1) is 13.5. The maximum atomic E-state index is 11.2. The Kier molecular flexibility index (Phi) is 8.42. The number of carbonyl (C=O) groups is 1. The smallest absolute Gasteiger partial charge is 0.217 e. The number of nitrogens with zero attached hydrogens (tertiary/aromatic N) is 5. The summed E-state index contributed by atoms with van der Waals surface area (Å²) in [5, 5.41) is 7.87. The van der Waals surface area contributed by atoms with Crippen LogP contribution >= 0.6 is 24.0 Å². The van der Waals surface area contributed by atoms with Gasteiger partial charge in [-0.25, -0.2) is 9.67 Å². The number of rotatable bonds is 5. The molecule has 0 spiro atoms. The maximum absolute atomic E-state index is 11.2. The molecular formula is C20H30IN7O. The van der Waals surface area contributed by atoms with Gasteiger partial charge < -0.3 is 16.0 Å². The summed E-state index contributed by atoms with van der Waals surface area (Å²) in [6, 6.07) is 6.05. The summed E-state index contributed by atoms with van der Waals surface area (Å²) in [4.78, 5) is 22.4. The number of primary amides is 1. The fourth-order valence-electron chi connectivity index (χ4n) is 3.73. The number of aryl methyl sites for hydroxylation is 2. The van der Waals surface area contributed by atoms with Crippen molar-refractivity contribution in [3.05, 3.63) is 41.3 Å². The van der Waals surface area contributed by atoms with Crippen LogP contribution in [0.15, 0.2) is 29.4 Å². The minimum absolute atomic E-state index is 0. The molecule has 1 amide bonds. The highest BCUT2D eigenvalue weighted by Crippen LogP contribution is 2.19. The maximum Gasteiger partial charge on any atom is 0.217 e. The number of carbonyl (C=O) groups excluding carboxylic acids is 1. The van der Waals surface area contributed by atoms with Crippen LogP contribution in [-0.2, 0) is 11.3 Å². The highest BCUT2D eigenvalue weighted by atomic mass is 127. The standard InChI is InChI=1S/C20H29N7O.HI/c1-14-9-15(2)27(25-14)19-7-6-17(11-23-19)12-24-20(22-3)26-8-4-5-16(13-26)10-18(21)28;/h6-7,9,11,16H,4-5,8,10,12-13H2,1-3H3,(H2,21,28)(H,22,24);1H. The Balaban J connectivity index is 0.00000300. The lowest BCUT2D eigenvalue weighted by Crippen LogP contribution is -2.46. The number of pyridine rings is 1. The molecule has 3 rings (SSSR count). The summed E-state index contributed by atoms with van der Waals surface area (Å²) in [6.45, 7) is 6.36. The van der Waals surface area contributed by atoms with E-state index in [-0.39, 0.29) is 29.9 Å². The van der Waals surface area contributed by atoms with Crippen LogP contribution in [-0.4, -0.2) is 51.7 Å². The first kappa shape index (κ1) is 23.1. The topological polar surface area (TPSA) is 101 Å². The van der Waals surface area contributed by atoms with Gasteiger partial charge in [0.05, 0.1) is 5.69 Å². The minimum Gasteiger partial charge on any atom is -0.370 e. The fourth-order valence-corrected chi connectivity index (χ4v) is 3.73. The fraction of sp³-hybridized carbons (Fsp3) is 0.500. The third-order valence-electron chi connectivity index (χ3n) is 5.01. The molecule has 1 saturated heterocycles. The predicted molar refractivity (Wildman–Crippen MR) is 125 cm³/mol. The Hall–Kier alpha value is -2.17. The number of guanidine groups is 1. The molecule has 1 aliphatic heterocycles. The molecule has 0 aliphatic carbocycles. The van der Waals surface area contributed by atoms with Gasteiger partial charge in [-0.15, -0.1) is 24.0 Å². The van der Waals surface area contributed by atoms with Crippen LogP contribution in [0.5, 0.6) is 0 Å². The number of hydrogen-bond acceptors (Lipinski definition) is 4. The van der Waals surface area contributed by atoms with Gasteiger partial charge in [0.15, 0.2) is 11.8 Å². The van der Waals surface area contributed by atoms with Gasteiger partial charge in [-0.05, 0) is 50.3 Å². The lowest BCUT2D eigenvalue weighted by molar-refractivity contribution is -0.119. The molecule has 1 aliphatic rings. The summed E-state index contributed by atoms with van der Waals surface area (Å²) >= 11 is 0. The largest absolute Gasteiger partial charge is 0.370 e. The van der Waals surface area contributed by atoms with E-state index in [9.17, 15) is 4.79 Å². The number of hydrogen-bond donors (Lipinski definition) is 2. The van der Waals surface area contributed by atoms with Gasteiger partial charge in [0.1, 0.15) is 0 Å². The SMILES string of the molecule is CN=C(NCc1ccc(-n2nc(C)cc2C)nc1)N1CCCC(CC(N)=O)C1.I. The lowest BCUT2D eigenvalue weighted by atomic mass is 9.95. The van der Waals surface area contributed by atoms with Crippen LogP contribution in [0.3, 0.4) is 0 Å². The second-order valence-corrected chi connectivity index (χ2v) is 7.39. The van der Waals surface area contributed by atoms with E-state index in [0.717, 1.165) is 54.7 Å². The van der Waals surface area contributed by atoms with Crippen LogP contribution in [0, 0.1) is 19.8 Å². The Morgan fingerprint density at radius 2 is 2.17 bits per heavy atom. The van der Waals surface area contributed by atoms with Crippen molar-refractivity contribution in [3.63, 3.8) is 0 Å². The zero-order chi connectivity index (χ0) is 20.1. The molecule has 9 heteroatoms. The molecule has 3 heterocycles. The molecule has 0 aromatic carbocycles. The van der Waals surface area contributed by atoms with E-state index in [1.54, 1.807) is 7.05 Å². The number of aliphatic imine (C=N–C) groups is 1. The number of amides is 1. The summed E-state index contributed by atoms with van der Waals surface area (Å²) in [7, 11) is 1.78. The molecule has 158 valence electrons. The summed E-state index contributed by atoms with van der Waals surface area (Å²) in [5.41, 5.74) is 8.47. The van der Waals surface area contributed by atoms with Crippen LogP contribution in [0.1, 0.15) is 36.2 Å². The highest BCUT2D eigenvalue weighted by Gasteiger charge is 2.23. The van der Waals surface area contributed by atoms with E-state index in [0.29, 0.717) is 18.9 Å². The first-order valence-corrected chi connectivity index (χ1v) is 9.68. The van der Waals surface area contributed by atoms with Gasteiger partial charge in [-0.3, -0.25) is 9.79 Å². The number of aromatic nitrogens is 3. The third-order valence-corrected chi connectivity index (χ3v) is 5.01. The van der Waals surface area contributed by atoms with Gasteiger partial charge in [0, 0.05) is 45.0 Å². The third kappa shape index (κ3) is 6.15. The number of halogens is 1. The Bertz CT molecular complexity index is 847. The van der Waals surface area contributed by atoms with Gasteiger partial charge >= 0.3 is 0 Å². The normalized spacial score (nSPS) is 17.0. The molecule has 2 aromatic rings. The van der Waals surface area contributed by atoms with E-state index < -0.39 is 0 Å². The van der Waals surface area contributed by atoms with Crippen LogP contribution < -0.4 is 11.1 Å². The Labute approximate surface area is 189 Å². The average Bonchev–Trinajstić information content (AvgIpc) is 3.01. The van der Waals surface area contributed by atoms with Gasteiger partial charge in [-0.1, -0.05) is 6.07 Å². The number of likely N-dealkylation sites (tertiary alicyclic amines) is 1. The van der Waals surface area contributed by atoms with Gasteiger partial charge in [0.25, 0.3) is 0 Å². The zero-order valence-electron chi connectivity index (χ0n) is 17.3. The zero-order valence-corrected chi connectivity index (χ0v) is 19.6. The van der Waals surface area contributed by atoms with E-state index in [1.165, 1.54) is 0 Å². The van der Waals surface area contributed by atoms with Crippen molar-refractivity contribution in [3.8, 4) is 5.82 Å². The van der Waals surface area contributed by atoms with Crippen LogP contribution in [0.4, 0.5) is 0 Å². The van der Waals surface area contributed by atoms with E-state index in [1.807, 2.05) is 42.9 Å². The Morgan fingerprint density at radius 1 is 1.38 bits per heavy atom. The number of nitrogens with two attached hydrogens (primary N) is 1. The molecule has 8 nitrogen and oxygen atoms in total. The van der Waals surface area contributed by atoms with Crippen molar-refractivity contribution in [1.82, 2.24) is 25.0 Å². The molecule has 1 fully saturated rings. The molecule has 3 N–H and O–H groups in total. The summed E-state index contributed by atoms with van der Waals surface area (Å²) in [5.74, 6) is 1.72. The molecule has 1 atom stereocenters. The quantitative estimate of drug-likeness (QED) is 0.364. The first-order valence-electron chi connectivity index (χ1n) is 9.68. The molecule has 1 unspecified atom stereocenters. The lowest BCUT2D eigenvalue weighted by Gasteiger charge is -2.34. The van der Waals surface area contributed by atoms with Crippen molar-refractivity contribution in [1.29, 1.82) is 0 Å². The van der Waals surface area contributed by atoms with E-state index in [2.05, 4.69) is 25.3 Å². The molecule has 0 radical (unpaired) electrons. The Morgan fingerprint density at radius 3 is 2.76 bits per heavy atom. The monoisotopic (exact) mass is 511 g/mol. The average molecular weight is 511 g/mol. The van der Waals surface area contributed by atoms with E-state index in [4.69, 9.17) is 5.73 Å². The second-order valence-electron chi connectivity index (χ2n) is 7.39. The highest BCUT2D eigenvalue weighted by molar-refractivity contribution is 14.0. The molecular weight excluding hydrogens is 481 g/mol. The van der Waals surface area contributed by atoms with Crippen molar-refractivity contribution in [2.75, 3.05) is 20.1 Å². The van der Waals surface area contributed by atoms with Crippen molar-refractivity contribution < 1.29 is 4.79 Å². The second kappa shape index (κ2) is 10.6. The summed E-state index contributed by atoms with van der Waals surface area (Å²) in [6.07, 6.45) is 4.37. The van der Waals surface area contributed by atoms with Crippen molar-refractivity contribution in [2.24, 2.45) is 16.6 Å². The van der Waals surface area contributed by atoms with Gasteiger partial charge in [-0.2, -0.15) is 5.10 Å². The van der Waals surface area contributed by atoms with Gasteiger partial charge in [0.2, 0.25) is 5.91 Å². The molecule has 0 saturated carbocycles. The van der Waals surface area contributed by atoms with Crippen molar-refractivity contribution in [2.45, 2.75) is 39.7 Å². The number of piperidine rings is 1. The molecule has 0 bridgehead atoms. The predicted octanol–water partition coefficient (Wildman–Crippen LogP) is 2.16. The van der Waals surface area contributed by atoms with Crippen molar-refractivity contribution >= 4 is 35.8 Å².